The van der Waals surface area contributed by atoms with Crippen molar-refractivity contribution < 1.29 is 9.53 Å². The van der Waals surface area contributed by atoms with Crippen LogP contribution < -0.4 is 15.4 Å². The van der Waals surface area contributed by atoms with E-state index in [4.69, 9.17) is 74.3 Å². The number of ether oxygens (including phenoxy) is 1. The van der Waals surface area contributed by atoms with Crippen LogP contribution in [0.15, 0.2) is 24.3 Å². The Labute approximate surface area is 151 Å². The molecular formula is C11H10Cl6N2O2. The molecule has 0 bridgehead atoms. The van der Waals surface area contributed by atoms with Crippen molar-refractivity contribution in [2.75, 3.05) is 12.4 Å². The molecule has 0 fully saturated rings. The van der Waals surface area contributed by atoms with E-state index in [1.807, 2.05) is 0 Å². The molecule has 118 valence electrons. The number of hydrogen-bond acceptors (Lipinski definition) is 3. The minimum atomic E-state index is -2.17. The molecule has 4 nitrogen and oxygen atoms in total. The number of rotatable bonds is 4. The Bertz CT molecular complexity index is 483. The summed E-state index contributed by atoms with van der Waals surface area (Å²) >= 11 is 33.8. The summed E-state index contributed by atoms with van der Waals surface area (Å²) in [5, 5.41) is 5.12. The molecule has 0 radical (unpaired) electrons. The number of halogens is 6. The third-order valence-electron chi connectivity index (χ3n) is 2.26. The normalized spacial score (nSPS) is 13.5. The Hall–Kier alpha value is 0.0300. The summed E-state index contributed by atoms with van der Waals surface area (Å²) in [4.78, 5) is 11.7. The second kappa shape index (κ2) is 7.53. The Balaban J connectivity index is 2.86. The highest BCUT2D eigenvalue weighted by Crippen LogP contribution is 2.33. The first-order valence-electron chi connectivity index (χ1n) is 5.39. The summed E-state index contributed by atoms with van der Waals surface area (Å²) in [6.45, 7) is 0. The SMILES string of the molecule is COc1ccc(NC(NC(=O)C(Cl)(Cl)Cl)C(Cl)(Cl)Cl)cc1. The van der Waals surface area contributed by atoms with E-state index in [-0.39, 0.29) is 0 Å². The number of carbonyl (C=O) groups excluding carboxylic acids is 1. The molecule has 0 saturated carbocycles. The van der Waals surface area contributed by atoms with Crippen LogP contribution in [0.4, 0.5) is 5.69 Å². The quantitative estimate of drug-likeness (QED) is 0.570. The average Bonchev–Trinajstić information content (AvgIpc) is 2.36. The van der Waals surface area contributed by atoms with E-state index in [2.05, 4.69) is 10.6 Å². The van der Waals surface area contributed by atoms with Crippen LogP contribution in [0.2, 0.25) is 0 Å². The Morgan fingerprint density at radius 1 is 1.10 bits per heavy atom. The van der Waals surface area contributed by atoms with Crippen LogP contribution in [-0.2, 0) is 4.79 Å². The zero-order valence-electron chi connectivity index (χ0n) is 10.5. The number of methoxy groups -OCH3 is 1. The summed E-state index contributed by atoms with van der Waals surface area (Å²) in [5.74, 6) is -0.277. The van der Waals surface area contributed by atoms with Crippen LogP contribution in [0.1, 0.15) is 0 Å². The van der Waals surface area contributed by atoms with Crippen LogP contribution in [0.25, 0.3) is 0 Å². The van der Waals surface area contributed by atoms with Crippen LogP contribution >= 0.6 is 69.6 Å². The fourth-order valence-electron chi connectivity index (χ4n) is 1.27. The molecule has 1 unspecified atom stereocenters. The molecule has 0 aromatic heterocycles. The Morgan fingerprint density at radius 3 is 2.00 bits per heavy atom. The standard InChI is InChI=1S/C11H10Cl6N2O2/c1-21-7-4-2-6(3-5-7)18-8(10(12,13)14)19-9(20)11(15,16)17/h2-5,8,18H,1H3,(H,19,20). The van der Waals surface area contributed by atoms with Gasteiger partial charge >= 0.3 is 0 Å². The highest BCUT2D eigenvalue weighted by atomic mass is 35.6. The number of nitrogens with one attached hydrogen (secondary N) is 2. The van der Waals surface area contributed by atoms with Gasteiger partial charge < -0.3 is 15.4 Å². The van der Waals surface area contributed by atoms with E-state index in [0.29, 0.717) is 11.4 Å². The molecule has 0 spiro atoms. The van der Waals surface area contributed by atoms with Gasteiger partial charge in [0, 0.05) is 5.69 Å². The molecule has 2 N–H and O–H groups in total. The molecular weight excluding hydrogens is 405 g/mol. The third-order valence-corrected chi connectivity index (χ3v) is 3.43. The molecule has 1 atom stereocenters. The molecule has 1 rings (SSSR count). The lowest BCUT2D eigenvalue weighted by Crippen LogP contribution is -2.52. The zero-order valence-corrected chi connectivity index (χ0v) is 15.0. The van der Waals surface area contributed by atoms with Crippen molar-refractivity contribution in [2.45, 2.75) is 13.8 Å². The zero-order chi connectivity index (χ0) is 16.3. The van der Waals surface area contributed by atoms with Crippen molar-refractivity contribution in [3.05, 3.63) is 24.3 Å². The van der Waals surface area contributed by atoms with Gasteiger partial charge in [0.2, 0.25) is 3.79 Å². The summed E-state index contributed by atoms with van der Waals surface area (Å²) in [6.07, 6.45) is -1.11. The third kappa shape index (κ3) is 6.35. The van der Waals surface area contributed by atoms with Gasteiger partial charge in [-0.2, -0.15) is 0 Å². The lowest BCUT2D eigenvalue weighted by Gasteiger charge is -2.28. The largest absolute Gasteiger partial charge is 0.497 e. The second-order valence-electron chi connectivity index (χ2n) is 3.82. The molecule has 21 heavy (non-hydrogen) atoms. The fourth-order valence-corrected chi connectivity index (χ4v) is 1.76. The van der Waals surface area contributed by atoms with E-state index >= 15 is 0 Å². The van der Waals surface area contributed by atoms with Crippen molar-refractivity contribution in [1.82, 2.24) is 5.32 Å². The molecule has 0 saturated heterocycles. The van der Waals surface area contributed by atoms with Gasteiger partial charge in [0.1, 0.15) is 11.9 Å². The van der Waals surface area contributed by atoms with Gasteiger partial charge in [-0.3, -0.25) is 4.79 Å². The highest BCUT2D eigenvalue weighted by molar-refractivity contribution is 6.76. The van der Waals surface area contributed by atoms with Crippen LogP contribution in [0.5, 0.6) is 5.75 Å². The predicted octanol–water partition coefficient (Wildman–Crippen LogP) is 4.29. The second-order valence-corrected chi connectivity index (χ2v) is 8.47. The average molecular weight is 415 g/mol. The van der Waals surface area contributed by atoms with E-state index in [1.54, 1.807) is 24.3 Å². The molecule has 0 aliphatic carbocycles. The summed E-state index contributed by atoms with van der Waals surface area (Å²) in [5.41, 5.74) is 0.566. The Kier molecular flexibility index (Phi) is 6.84. The number of benzene rings is 1. The van der Waals surface area contributed by atoms with Gasteiger partial charge in [0.05, 0.1) is 7.11 Å². The van der Waals surface area contributed by atoms with Gasteiger partial charge in [-0.15, -0.1) is 0 Å². The van der Waals surface area contributed by atoms with Crippen LogP contribution in [-0.4, -0.2) is 26.8 Å². The van der Waals surface area contributed by atoms with Crippen molar-refractivity contribution >= 4 is 81.2 Å². The highest BCUT2D eigenvalue weighted by Gasteiger charge is 2.39. The number of carbonyl (C=O) groups is 1. The van der Waals surface area contributed by atoms with Crippen LogP contribution in [0, 0.1) is 0 Å². The molecule has 1 amide bonds. The Morgan fingerprint density at radius 2 is 1.62 bits per heavy atom. The van der Waals surface area contributed by atoms with E-state index in [1.165, 1.54) is 7.11 Å². The monoisotopic (exact) mass is 412 g/mol. The predicted molar refractivity (Wildman–Crippen MR) is 89.1 cm³/mol. The van der Waals surface area contributed by atoms with Crippen molar-refractivity contribution in [3.63, 3.8) is 0 Å². The van der Waals surface area contributed by atoms with E-state index in [9.17, 15) is 4.79 Å². The fraction of sp³-hybridized carbons (Fsp3) is 0.364. The number of anilines is 1. The van der Waals surface area contributed by atoms with Gasteiger partial charge in [0.25, 0.3) is 9.70 Å². The molecule has 0 heterocycles. The molecule has 0 aliphatic heterocycles. The maximum atomic E-state index is 11.7. The lowest BCUT2D eigenvalue weighted by atomic mass is 10.3. The minimum absolute atomic E-state index is 0.566. The van der Waals surface area contributed by atoms with Crippen molar-refractivity contribution in [1.29, 1.82) is 0 Å². The molecule has 0 aliphatic rings. The molecule has 1 aromatic carbocycles. The van der Waals surface area contributed by atoms with E-state index < -0.39 is 19.7 Å². The summed E-state index contributed by atoms with van der Waals surface area (Å²) < 4.78 is 0.982. The molecule has 10 heteroatoms. The number of hydrogen-bond donors (Lipinski definition) is 2. The minimum Gasteiger partial charge on any atom is -0.497 e. The maximum Gasteiger partial charge on any atom is 0.273 e. The lowest BCUT2D eigenvalue weighted by molar-refractivity contribution is -0.120. The van der Waals surface area contributed by atoms with Gasteiger partial charge in [-0.25, -0.2) is 0 Å². The molecule has 1 aromatic rings. The topological polar surface area (TPSA) is 50.4 Å². The maximum absolute atomic E-state index is 11.7. The van der Waals surface area contributed by atoms with Crippen LogP contribution in [0.3, 0.4) is 0 Å². The van der Waals surface area contributed by atoms with Crippen molar-refractivity contribution in [2.24, 2.45) is 0 Å². The van der Waals surface area contributed by atoms with E-state index in [0.717, 1.165) is 0 Å². The number of alkyl halides is 6. The summed E-state index contributed by atoms with van der Waals surface area (Å²) in [7, 11) is 1.54. The first kappa shape index (κ1) is 19.1. The van der Waals surface area contributed by atoms with Gasteiger partial charge in [0.15, 0.2) is 0 Å². The number of amides is 1. The van der Waals surface area contributed by atoms with Gasteiger partial charge in [-0.05, 0) is 24.3 Å². The van der Waals surface area contributed by atoms with Crippen molar-refractivity contribution in [3.8, 4) is 5.75 Å². The smallest absolute Gasteiger partial charge is 0.273 e. The first-order chi connectivity index (χ1) is 9.54. The summed E-state index contributed by atoms with van der Waals surface area (Å²) in [6, 6.07) is 6.72. The first-order valence-corrected chi connectivity index (χ1v) is 7.66. The van der Waals surface area contributed by atoms with Gasteiger partial charge in [-0.1, -0.05) is 69.6 Å².